The lowest BCUT2D eigenvalue weighted by Gasteiger charge is -2.37. The van der Waals surface area contributed by atoms with Gasteiger partial charge in [-0.2, -0.15) is 0 Å². The quantitative estimate of drug-likeness (QED) is 0.867. The fourth-order valence-electron chi connectivity index (χ4n) is 3.72. The average Bonchev–Trinajstić information content (AvgIpc) is 2.93. The van der Waals surface area contributed by atoms with E-state index >= 15 is 0 Å². The van der Waals surface area contributed by atoms with Crippen molar-refractivity contribution in [2.24, 2.45) is 0 Å². The van der Waals surface area contributed by atoms with Crippen molar-refractivity contribution in [1.82, 2.24) is 15.6 Å². The van der Waals surface area contributed by atoms with E-state index in [0.717, 1.165) is 43.9 Å². The normalized spacial score (nSPS) is 23.4. The molecular formula is C18H28N4O2. The lowest BCUT2D eigenvalue weighted by molar-refractivity contribution is 0.0901. The van der Waals surface area contributed by atoms with Gasteiger partial charge in [0.05, 0.1) is 5.69 Å². The molecular weight excluding hydrogens is 304 g/mol. The zero-order valence-corrected chi connectivity index (χ0v) is 14.8. The van der Waals surface area contributed by atoms with E-state index in [1.165, 1.54) is 5.56 Å². The summed E-state index contributed by atoms with van der Waals surface area (Å²) in [6.45, 7) is 8.76. The maximum atomic E-state index is 11.8. The Balaban J connectivity index is 1.84. The van der Waals surface area contributed by atoms with Crippen LogP contribution >= 0.6 is 0 Å². The van der Waals surface area contributed by atoms with Crippen LogP contribution in [-0.2, 0) is 11.2 Å². The van der Waals surface area contributed by atoms with Crippen LogP contribution in [0.15, 0.2) is 12.1 Å². The lowest BCUT2D eigenvalue weighted by Crippen LogP contribution is -2.55. The van der Waals surface area contributed by atoms with E-state index in [1.54, 1.807) is 0 Å². The van der Waals surface area contributed by atoms with Gasteiger partial charge in [0.25, 0.3) is 0 Å². The van der Waals surface area contributed by atoms with Gasteiger partial charge in [0.2, 0.25) is 0 Å². The molecule has 2 unspecified atom stereocenters. The van der Waals surface area contributed by atoms with E-state index in [4.69, 9.17) is 9.72 Å². The molecule has 3 heterocycles. The number of rotatable bonds is 5. The molecule has 1 aromatic rings. The Morgan fingerprint density at radius 1 is 1.46 bits per heavy atom. The fraction of sp³-hybridized carbons (Fsp3) is 0.667. The SMILES string of the molecule is CCC[C@@H](OC(=O)NCC)c1ccc2c(n1)N1C(C)CNCC1C2. The summed E-state index contributed by atoms with van der Waals surface area (Å²) in [5, 5.41) is 6.19. The number of nitrogens with zero attached hydrogens (tertiary/aromatic N) is 2. The second kappa shape index (κ2) is 7.38. The van der Waals surface area contributed by atoms with Crippen LogP contribution in [-0.4, -0.2) is 42.8 Å². The third-order valence-corrected chi connectivity index (χ3v) is 4.82. The van der Waals surface area contributed by atoms with Crippen LogP contribution < -0.4 is 15.5 Å². The van der Waals surface area contributed by atoms with Crippen LogP contribution in [0, 0.1) is 0 Å². The van der Waals surface area contributed by atoms with E-state index in [1.807, 2.05) is 13.0 Å². The van der Waals surface area contributed by atoms with Gasteiger partial charge >= 0.3 is 6.09 Å². The molecule has 2 aliphatic rings. The van der Waals surface area contributed by atoms with E-state index in [-0.39, 0.29) is 12.2 Å². The number of ether oxygens (including phenoxy) is 1. The van der Waals surface area contributed by atoms with Crippen LogP contribution in [0.5, 0.6) is 0 Å². The van der Waals surface area contributed by atoms with Crippen molar-refractivity contribution >= 4 is 11.9 Å². The molecule has 0 spiro atoms. The molecule has 3 atom stereocenters. The number of pyridine rings is 1. The largest absolute Gasteiger partial charge is 0.440 e. The summed E-state index contributed by atoms with van der Waals surface area (Å²) < 4.78 is 5.60. The van der Waals surface area contributed by atoms with Crippen molar-refractivity contribution in [3.05, 3.63) is 23.4 Å². The zero-order valence-electron chi connectivity index (χ0n) is 14.8. The molecule has 6 heteroatoms. The molecule has 1 fully saturated rings. The number of anilines is 1. The van der Waals surface area contributed by atoms with Gasteiger partial charge in [-0.05, 0) is 38.3 Å². The Bertz CT molecular complexity index is 592. The molecule has 0 saturated carbocycles. The third kappa shape index (κ3) is 3.34. The van der Waals surface area contributed by atoms with Crippen molar-refractivity contribution < 1.29 is 9.53 Å². The number of nitrogens with one attached hydrogen (secondary N) is 2. The number of fused-ring (bicyclic) bond motifs is 3. The monoisotopic (exact) mass is 332 g/mol. The van der Waals surface area contributed by atoms with Crippen molar-refractivity contribution in [3.63, 3.8) is 0 Å². The Morgan fingerprint density at radius 2 is 2.29 bits per heavy atom. The minimum Gasteiger partial charge on any atom is -0.440 e. The number of alkyl carbamates (subject to hydrolysis) is 1. The maximum Gasteiger partial charge on any atom is 0.407 e. The Kier molecular flexibility index (Phi) is 5.23. The van der Waals surface area contributed by atoms with Crippen molar-refractivity contribution in [1.29, 1.82) is 0 Å². The zero-order chi connectivity index (χ0) is 17.1. The molecule has 0 bridgehead atoms. The van der Waals surface area contributed by atoms with Crippen LogP contribution in [0.3, 0.4) is 0 Å². The lowest BCUT2D eigenvalue weighted by atomic mass is 10.1. The predicted octanol–water partition coefficient (Wildman–Crippen LogP) is 2.39. The Hall–Kier alpha value is -1.82. The smallest absolute Gasteiger partial charge is 0.407 e. The van der Waals surface area contributed by atoms with Crippen LogP contribution in [0.4, 0.5) is 10.6 Å². The van der Waals surface area contributed by atoms with Gasteiger partial charge in [0, 0.05) is 31.7 Å². The highest BCUT2D eigenvalue weighted by Gasteiger charge is 2.36. The minimum absolute atomic E-state index is 0.288. The Labute approximate surface area is 144 Å². The minimum atomic E-state index is -0.369. The fourth-order valence-corrected chi connectivity index (χ4v) is 3.72. The number of aromatic nitrogens is 1. The van der Waals surface area contributed by atoms with Gasteiger partial charge in [-0.1, -0.05) is 19.4 Å². The van der Waals surface area contributed by atoms with Gasteiger partial charge in [0.15, 0.2) is 0 Å². The predicted molar refractivity (Wildman–Crippen MR) is 94.3 cm³/mol. The van der Waals surface area contributed by atoms with Crippen LogP contribution in [0.25, 0.3) is 0 Å². The van der Waals surface area contributed by atoms with E-state index in [2.05, 4.69) is 35.4 Å². The first kappa shape index (κ1) is 17.0. The molecule has 2 N–H and O–H groups in total. The highest BCUT2D eigenvalue weighted by atomic mass is 16.6. The van der Waals surface area contributed by atoms with E-state index in [0.29, 0.717) is 18.6 Å². The van der Waals surface area contributed by atoms with Crippen molar-refractivity contribution in [2.45, 2.75) is 58.2 Å². The molecule has 3 rings (SSSR count). The number of piperazine rings is 1. The first-order chi connectivity index (χ1) is 11.6. The van der Waals surface area contributed by atoms with Crippen LogP contribution in [0.1, 0.15) is 51.0 Å². The van der Waals surface area contributed by atoms with Gasteiger partial charge in [-0.25, -0.2) is 9.78 Å². The molecule has 24 heavy (non-hydrogen) atoms. The molecule has 6 nitrogen and oxygen atoms in total. The summed E-state index contributed by atoms with van der Waals surface area (Å²) in [5.41, 5.74) is 2.15. The summed E-state index contributed by atoms with van der Waals surface area (Å²) >= 11 is 0. The molecule has 0 aliphatic carbocycles. The number of carbonyl (C=O) groups excluding carboxylic acids is 1. The highest BCUT2D eigenvalue weighted by molar-refractivity contribution is 5.67. The Morgan fingerprint density at radius 3 is 3.04 bits per heavy atom. The summed E-state index contributed by atoms with van der Waals surface area (Å²) in [7, 11) is 0. The molecule has 132 valence electrons. The molecule has 1 aromatic heterocycles. The molecule has 2 aliphatic heterocycles. The van der Waals surface area contributed by atoms with Crippen LogP contribution in [0.2, 0.25) is 0 Å². The topological polar surface area (TPSA) is 66.5 Å². The highest BCUT2D eigenvalue weighted by Crippen LogP contribution is 2.35. The first-order valence-corrected chi connectivity index (χ1v) is 9.07. The summed E-state index contributed by atoms with van der Waals surface area (Å²) in [5.74, 6) is 1.08. The second-order valence-electron chi connectivity index (χ2n) is 6.70. The van der Waals surface area contributed by atoms with E-state index in [9.17, 15) is 4.79 Å². The molecule has 1 amide bonds. The summed E-state index contributed by atoms with van der Waals surface area (Å²) in [4.78, 5) is 19.2. The third-order valence-electron chi connectivity index (χ3n) is 4.82. The maximum absolute atomic E-state index is 11.8. The standard InChI is InChI=1S/C18H28N4O2/c1-4-6-16(24-18(23)20-5-2)15-8-7-13-9-14-11-19-10-12(3)22(14)17(13)21-15/h7-8,12,14,16,19H,4-6,9-11H2,1-3H3,(H,20,23)/t12?,14?,16-/m1/s1. The molecule has 1 saturated heterocycles. The number of hydrogen-bond donors (Lipinski definition) is 2. The number of amides is 1. The number of carbonyl (C=O) groups is 1. The molecule has 0 radical (unpaired) electrons. The second-order valence-corrected chi connectivity index (χ2v) is 6.70. The van der Waals surface area contributed by atoms with E-state index < -0.39 is 0 Å². The van der Waals surface area contributed by atoms with Crippen molar-refractivity contribution in [2.75, 3.05) is 24.5 Å². The summed E-state index contributed by atoms with van der Waals surface area (Å²) in [6, 6.07) is 5.10. The van der Waals surface area contributed by atoms with Gasteiger partial charge in [-0.15, -0.1) is 0 Å². The van der Waals surface area contributed by atoms with Gasteiger partial charge in [-0.3, -0.25) is 0 Å². The average molecular weight is 332 g/mol. The number of hydrogen-bond acceptors (Lipinski definition) is 5. The first-order valence-electron chi connectivity index (χ1n) is 9.07. The summed E-state index contributed by atoms with van der Waals surface area (Å²) in [6.07, 6.45) is 2.10. The van der Waals surface area contributed by atoms with Crippen molar-refractivity contribution in [3.8, 4) is 0 Å². The molecule has 0 aromatic carbocycles. The van der Waals surface area contributed by atoms with Gasteiger partial charge < -0.3 is 20.3 Å². The van der Waals surface area contributed by atoms with Gasteiger partial charge in [0.1, 0.15) is 11.9 Å².